The minimum atomic E-state index is -0.0472. The summed E-state index contributed by atoms with van der Waals surface area (Å²) in [5.74, 6) is 1.24. The van der Waals surface area contributed by atoms with Gasteiger partial charge in [0, 0.05) is 6.54 Å². The zero-order chi connectivity index (χ0) is 19.4. The predicted molar refractivity (Wildman–Crippen MR) is 110 cm³/mol. The third kappa shape index (κ3) is 4.71. The van der Waals surface area contributed by atoms with Gasteiger partial charge in [-0.2, -0.15) is 0 Å². The number of thioether (sulfide) groups is 1. The third-order valence-corrected chi connectivity index (χ3v) is 4.93. The Morgan fingerprint density at radius 2 is 1.81 bits per heavy atom. The van der Waals surface area contributed by atoms with Crippen LogP contribution in [0.2, 0.25) is 0 Å². The van der Waals surface area contributed by atoms with E-state index in [-0.39, 0.29) is 11.7 Å². The standard InChI is InChI=1S/C21H22N2O3S/c1-14(2)13-23-20(25)19(12-15-4-8-17(24)9-5-15)27-21(23)22-16-6-10-18(26-3)11-7-16/h4-12,14,24H,13H2,1-3H3/b19-12-,22-21?. The largest absolute Gasteiger partial charge is 0.508 e. The third-order valence-electron chi connectivity index (χ3n) is 3.92. The van der Waals surface area contributed by atoms with Crippen molar-refractivity contribution in [2.24, 2.45) is 10.9 Å². The Labute approximate surface area is 163 Å². The van der Waals surface area contributed by atoms with E-state index in [0.29, 0.717) is 22.5 Å². The number of hydrogen-bond donors (Lipinski definition) is 1. The molecule has 2 aromatic rings. The van der Waals surface area contributed by atoms with E-state index < -0.39 is 0 Å². The average Bonchev–Trinajstić information content (AvgIpc) is 2.92. The molecule has 1 saturated heterocycles. The molecule has 0 aromatic heterocycles. The Morgan fingerprint density at radius 3 is 2.41 bits per heavy atom. The van der Waals surface area contributed by atoms with Crippen molar-refractivity contribution in [1.82, 2.24) is 4.90 Å². The van der Waals surface area contributed by atoms with Gasteiger partial charge in [0.1, 0.15) is 11.5 Å². The van der Waals surface area contributed by atoms with Crippen molar-refractivity contribution >= 4 is 34.6 Å². The number of phenols is 1. The maximum absolute atomic E-state index is 12.9. The summed E-state index contributed by atoms with van der Waals surface area (Å²) in [5.41, 5.74) is 1.63. The summed E-state index contributed by atoms with van der Waals surface area (Å²) in [6.45, 7) is 4.75. The second-order valence-electron chi connectivity index (χ2n) is 6.60. The van der Waals surface area contributed by atoms with Crippen molar-refractivity contribution in [3.63, 3.8) is 0 Å². The lowest BCUT2D eigenvalue weighted by Crippen LogP contribution is -2.32. The first-order valence-corrected chi connectivity index (χ1v) is 9.51. The van der Waals surface area contributed by atoms with Crippen molar-refractivity contribution < 1.29 is 14.6 Å². The molecule has 1 N–H and O–H groups in total. The molecule has 0 bridgehead atoms. The lowest BCUT2D eigenvalue weighted by Gasteiger charge is -2.17. The van der Waals surface area contributed by atoms with E-state index in [9.17, 15) is 9.90 Å². The summed E-state index contributed by atoms with van der Waals surface area (Å²) < 4.78 is 5.18. The van der Waals surface area contributed by atoms with Crippen molar-refractivity contribution in [1.29, 1.82) is 0 Å². The fourth-order valence-electron chi connectivity index (χ4n) is 2.61. The minimum absolute atomic E-state index is 0.0472. The second kappa shape index (κ2) is 8.31. The number of aromatic hydroxyl groups is 1. The summed E-state index contributed by atoms with van der Waals surface area (Å²) in [6.07, 6.45) is 1.83. The highest BCUT2D eigenvalue weighted by Gasteiger charge is 2.33. The van der Waals surface area contributed by atoms with E-state index in [1.54, 1.807) is 36.3 Å². The first-order chi connectivity index (χ1) is 13.0. The monoisotopic (exact) mass is 382 g/mol. The number of carbonyl (C=O) groups is 1. The molecule has 1 fully saturated rings. The van der Waals surface area contributed by atoms with Gasteiger partial charge in [-0.25, -0.2) is 4.99 Å². The molecule has 0 aliphatic carbocycles. The van der Waals surface area contributed by atoms with Gasteiger partial charge >= 0.3 is 0 Å². The molecule has 1 aliphatic rings. The van der Waals surface area contributed by atoms with Crippen molar-refractivity contribution in [2.75, 3.05) is 13.7 Å². The predicted octanol–water partition coefficient (Wildman–Crippen LogP) is 4.66. The summed E-state index contributed by atoms with van der Waals surface area (Å²) in [6, 6.07) is 14.2. The van der Waals surface area contributed by atoms with E-state index in [2.05, 4.69) is 18.8 Å². The van der Waals surface area contributed by atoms with Gasteiger partial charge in [0.2, 0.25) is 0 Å². The number of phenolic OH excluding ortho intramolecular Hbond substituents is 1. The molecule has 3 rings (SSSR count). The quantitative estimate of drug-likeness (QED) is 0.764. The van der Waals surface area contributed by atoms with E-state index in [1.165, 1.54) is 11.8 Å². The lowest BCUT2D eigenvalue weighted by atomic mass is 10.2. The summed E-state index contributed by atoms with van der Waals surface area (Å²) in [4.78, 5) is 19.9. The van der Waals surface area contributed by atoms with Gasteiger partial charge in [0.05, 0.1) is 17.7 Å². The van der Waals surface area contributed by atoms with Crippen molar-refractivity contribution in [2.45, 2.75) is 13.8 Å². The number of ether oxygens (including phenoxy) is 1. The van der Waals surface area contributed by atoms with Crippen LogP contribution in [0, 0.1) is 5.92 Å². The Bertz CT molecular complexity index is 871. The molecular formula is C21H22N2O3S. The van der Waals surface area contributed by atoms with E-state index in [0.717, 1.165) is 17.0 Å². The zero-order valence-corrected chi connectivity index (χ0v) is 16.4. The zero-order valence-electron chi connectivity index (χ0n) is 15.5. The number of rotatable bonds is 5. The second-order valence-corrected chi connectivity index (χ2v) is 7.61. The Balaban J connectivity index is 1.92. The highest BCUT2D eigenvalue weighted by atomic mass is 32.2. The summed E-state index contributed by atoms with van der Waals surface area (Å²) >= 11 is 1.37. The van der Waals surface area contributed by atoms with Gasteiger partial charge < -0.3 is 9.84 Å². The molecule has 5 nitrogen and oxygen atoms in total. The van der Waals surface area contributed by atoms with E-state index in [1.807, 2.05) is 30.3 Å². The lowest BCUT2D eigenvalue weighted by molar-refractivity contribution is -0.122. The number of amidine groups is 1. The number of benzene rings is 2. The smallest absolute Gasteiger partial charge is 0.266 e. The molecule has 0 atom stereocenters. The Morgan fingerprint density at radius 1 is 1.15 bits per heavy atom. The van der Waals surface area contributed by atoms with Gasteiger partial charge in [-0.15, -0.1) is 0 Å². The van der Waals surface area contributed by atoms with Gasteiger partial charge in [0.25, 0.3) is 5.91 Å². The fraction of sp³-hybridized carbons (Fsp3) is 0.238. The molecule has 1 heterocycles. The maximum Gasteiger partial charge on any atom is 0.266 e. The molecule has 0 spiro atoms. The van der Waals surface area contributed by atoms with Gasteiger partial charge in [-0.1, -0.05) is 26.0 Å². The van der Waals surface area contributed by atoms with Crippen LogP contribution < -0.4 is 4.74 Å². The normalized spacial score (nSPS) is 17.3. The molecule has 27 heavy (non-hydrogen) atoms. The van der Waals surface area contributed by atoms with Crippen LogP contribution in [0.1, 0.15) is 19.4 Å². The topological polar surface area (TPSA) is 62.1 Å². The van der Waals surface area contributed by atoms with Crippen LogP contribution in [-0.4, -0.2) is 34.7 Å². The molecule has 140 valence electrons. The van der Waals surface area contributed by atoms with Crippen molar-refractivity contribution in [3.05, 3.63) is 59.0 Å². The molecule has 6 heteroatoms. The molecule has 1 aliphatic heterocycles. The number of aliphatic imine (C=N–C) groups is 1. The van der Waals surface area contributed by atoms with Crippen LogP contribution in [0.5, 0.6) is 11.5 Å². The van der Waals surface area contributed by atoms with Gasteiger partial charge in [-0.05, 0) is 65.7 Å². The molecule has 1 amide bonds. The molecule has 0 saturated carbocycles. The number of methoxy groups -OCH3 is 1. The van der Waals surface area contributed by atoms with Crippen LogP contribution >= 0.6 is 11.8 Å². The molecule has 2 aromatic carbocycles. The first-order valence-electron chi connectivity index (χ1n) is 8.69. The number of carbonyl (C=O) groups excluding carboxylic acids is 1. The minimum Gasteiger partial charge on any atom is -0.508 e. The summed E-state index contributed by atoms with van der Waals surface area (Å²) in [7, 11) is 1.62. The number of hydrogen-bond acceptors (Lipinski definition) is 5. The Kier molecular flexibility index (Phi) is 5.86. The Hall–Kier alpha value is -2.73. The van der Waals surface area contributed by atoms with Crippen LogP contribution in [0.15, 0.2) is 58.4 Å². The summed E-state index contributed by atoms with van der Waals surface area (Å²) in [5, 5.41) is 10.1. The first kappa shape index (κ1) is 19.0. The maximum atomic E-state index is 12.9. The SMILES string of the molecule is COc1ccc(N=C2S/C(=C\c3ccc(O)cc3)C(=O)N2CC(C)C)cc1. The van der Waals surface area contributed by atoms with Crippen LogP contribution in [-0.2, 0) is 4.79 Å². The van der Waals surface area contributed by atoms with Gasteiger partial charge in [-0.3, -0.25) is 9.69 Å². The van der Waals surface area contributed by atoms with Gasteiger partial charge in [0.15, 0.2) is 5.17 Å². The van der Waals surface area contributed by atoms with Crippen molar-refractivity contribution in [3.8, 4) is 11.5 Å². The number of nitrogens with zero attached hydrogens (tertiary/aromatic N) is 2. The van der Waals surface area contributed by atoms with Crippen LogP contribution in [0.4, 0.5) is 5.69 Å². The highest BCUT2D eigenvalue weighted by molar-refractivity contribution is 8.18. The average molecular weight is 382 g/mol. The molecule has 0 radical (unpaired) electrons. The number of amides is 1. The van der Waals surface area contributed by atoms with E-state index in [4.69, 9.17) is 4.74 Å². The fourth-order valence-corrected chi connectivity index (χ4v) is 3.61. The highest BCUT2D eigenvalue weighted by Crippen LogP contribution is 2.35. The molecular weight excluding hydrogens is 360 g/mol. The van der Waals surface area contributed by atoms with Crippen LogP contribution in [0.25, 0.3) is 6.08 Å². The van der Waals surface area contributed by atoms with E-state index >= 15 is 0 Å². The molecule has 0 unspecified atom stereocenters. The van der Waals surface area contributed by atoms with Crippen LogP contribution in [0.3, 0.4) is 0 Å².